The Morgan fingerprint density at radius 3 is 2.57 bits per heavy atom. The Balaban J connectivity index is 3.15. The Morgan fingerprint density at radius 1 is 1.43 bits per heavy atom. The molecule has 1 aromatic rings. The fraction of sp³-hybridized carbons (Fsp3) is 0.111. The predicted molar refractivity (Wildman–Crippen MR) is 65.9 cm³/mol. The lowest BCUT2D eigenvalue weighted by molar-refractivity contribution is 0.611. The van der Waals surface area contributed by atoms with Crippen molar-refractivity contribution in [2.24, 2.45) is 0 Å². The van der Waals surface area contributed by atoms with E-state index in [0.29, 0.717) is 10.6 Å². The Morgan fingerprint density at radius 2 is 2.07 bits per heavy atom. The maximum Gasteiger partial charge on any atom is 0.214 e. The van der Waals surface area contributed by atoms with Crippen LogP contribution in [0.5, 0.6) is 0 Å². The minimum atomic E-state index is -3.27. The van der Waals surface area contributed by atoms with Crippen LogP contribution in [0.1, 0.15) is 5.56 Å². The van der Waals surface area contributed by atoms with Gasteiger partial charge in [0.15, 0.2) is 0 Å². The second kappa shape index (κ2) is 4.51. The minimum absolute atomic E-state index is 0.466. The topological polar surface area (TPSA) is 34.1 Å². The van der Waals surface area contributed by atoms with E-state index in [4.69, 9.17) is 11.6 Å². The molecule has 0 unspecified atom stereocenters. The predicted octanol–water partition coefficient (Wildman–Crippen LogP) is 2.30. The molecule has 0 saturated carbocycles. The van der Waals surface area contributed by atoms with E-state index in [1.807, 2.05) is 6.07 Å². The molecule has 14 heavy (non-hydrogen) atoms. The van der Waals surface area contributed by atoms with Crippen LogP contribution in [0, 0.1) is 14.7 Å². The summed E-state index contributed by atoms with van der Waals surface area (Å²) in [6, 6.07) is 5.25. The lowest BCUT2D eigenvalue weighted by Crippen LogP contribution is -1.89. The molecule has 0 aromatic heterocycles. The average molecular weight is 341 g/mol. The normalized spacial score (nSPS) is 10.5. The Bertz CT molecular complexity index is 511. The molecule has 0 aliphatic carbocycles. The third-order valence-corrected chi connectivity index (χ3v) is 2.76. The van der Waals surface area contributed by atoms with Gasteiger partial charge in [-0.2, -0.15) is 0 Å². The van der Waals surface area contributed by atoms with E-state index in [9.17, 15) is 8.42 Å². The summed E-state index contributed by atoms with van der Waals surface area (Å²) in [5, 5.41) is 2.60. The van der Waals surface area contributed by atoms with Crippen LogP contribution in [-0.4, -0.2) is 14.7 Å². The highest BCUT2D eigenvalue weighted by atomic mass is 127. The van der Waals surface area contributed by atoms with Gasteiger partial charge in [-0.1, -0.05) is 11.6 Å². The Labute approximate surface area is 102 Å². The smallest absolute Gasteiger partial charge is 0.214 e. The largest absolute Gasteiger partial charge is 0.216 e. The van der Waals surface area contributed by atoms with Crippen molar-refractivity contribution in [3.8, 4) is 11.2 Å². The summed E-state index contributed by atoms with van der Waals surface area (Å²) in [6.45, 7) is 0. The minimum Gasteiger partial charge on any atom is -0.216 e. The van der Waals surface area contributed by atoms with Crippen LogP contribution in [0.3, 0.4) is 0 Å². The number of rotatable bonds is 0. The molecule has 0 amide bonds. The maximum atomic E-state index is 10.8. The maximum absolute atomic E-state index is 10.8. The molecule has 0 aliphatic heterocycles. The van der Waals surface area contributed by atoms with Gasteiger partial charge in [-0.15, -0.1) is 0 Å². The summed E-state index contributed by atoms with van der Waals surface area (Å²) in [5.74, 6) is 2.51. The number of sulfone groups is 1. The zero-order chi connectivity index (χ0) is 10.8. The molecule has 0 spiro atoms. The molecule has 0 bridgehead atoms. The number of benzene rings is 1. The first-order valence-corrected chi connectivity index (χ1v) is 6.91. The van der Waals surface area contributed by atoms with Gasteiger partial charge in [0, 0.05) is 14.4 Å². The first-order valence-electron chi connectivity index (χ1n) is 3.56. The second-order valence-corrected chi connectivity index (χ2v) is 6.02. The van der Waals surface area contributed by atoms with Gasteiger partial charge >= 0.3 is 0 Å². The van der Waals surface area contributed by atoms with Crippen LogP contribution in [0.25, 0.3) is 0 Å². The highest BCUT2D eigenvalue weighted by Crippen LogP contribution is 2.17. The van der Waals surface area contributed by atoms with Gasteiger partial charge in [0.05, 0.1) is 11.3 Å². The van der Waals surface area contributed by atoms with Crippen molar-refractivity contribution >= 4 is 44.0 Å². The van der Waals surface area contributed by atoms with E-state index < -0.39 is 9.84 Å². The fourth-order valence-corrected chi connectivity index (χ4v) is 1.94. The van der Waals surface area contributed by atoms with Crippen molar-refractivity contribution < 1.29 is 8.42 Å². The highest BCUT2D eigenvalue weighted by molar-refractivity contribution is 14.1. The summed E-state index contributed by atoms with van der Waals surface area (Å²) < 4.78 is 22.5. The average Bonchev–Trinajstić information content (AvgIpc) is 2.00. The third kappa shape index (κ3) is 3.86. The van der Waals surface area contributed by atoms with Crippen molar-refractivity contribution in [3.05, 3.63) is 32.4 Å². The molecular formula is C9H6ClIO2S. The molecule has 5 heteroatoms. The second-order valence-electron chi connectivity index (χ2n) is 2.62. The van der Waals surface area contributed by atoms with Crippen molar-refractivity contribution in [1.82, 2.24) is 0 Å². The third-order valence-electron chi connectivity index (χ3n) is 1.30. The van der Waals surface area contributed by atoms with Crippen LogP contribution in [0.2, 0.25) is 5.02 Å². The van der Waals surface area contributed by atoms with Gasteiger partial charge in [0.25, 0.3) is 0 Å². The SMILES string of the molecule is CS(=O)(=O)C#Cc1ccc(I)cc1Cl. The lowest BCUT2D eigenvalue weighted by atomic mass is 10.2. The molecule has 0 saturated heterocycles. The van der Waals surface area contributed by atoms with Crippen LogP contribution < -0.4 is 0 Å². The first-order chi connectivity index (χ1) is 6.38. The van der Waals surface area contributed by atoms with Crippen molar-refractivity contribution in [2.45, 2.75) is 0 Å². The summed E-state index contributed by atoms with van der Waals surface area (Å²) in [4.78, 5) is 0. The van der Waals surface area contributed by atoms with E-state index in [1.54, 1.807) is 12.1 Å². The first kappa shape index (κ1) is 11.8. The molecule has 0 fully saturated rings. The van der Waals surface area contributed by atoms with Gasteiger partial charge < -0.3 is 0 Å². The van der Waals surface area contributed by atoms with E-state index in [-0.39, 0.29) is 0 Å². The summed E-state index contributed by atoms with van der Waals surface area (Å²) in [5.41, 5.74) is 0.525. The number of halogens is 2. The van der Waals surface area contributed by atoms with Crippen LogP contribution in [0.15, 0.2) is 18.2 Å². The molecule has 1 aromatic carbocycles. The lowest BCUT2D eigenvalue weighted by Gasteiger charge is -1.95. The molecule has 0 heterocycles. The molecule has 0 N–H and O–H groups in total. The van der Waals surface area contributed by atoms with Crippen molar-refractivity contribution in [3.63, 3.8) is 0 Å². The monoisotopic (exact) mass is 340 g/mol. The Hall–Kier alpha value is -0.250. The van der Waals surface area contributed by atoms with E-state index >= 15 is 0 Å². The van der Waals surface area contributed by atoms with Crippen LogP contribution in [-0.2, 0) is 9.84 Å². The number of hydrogen-bond acceptors (Lipinski definition) is 2. The van der Waals surface area contributed by atoms with Gasteiger partial charge in [0.1, 0.15) is 0 Å². The van der Waals surface area contributed by atoms with Crippen LogP contribution in [0.4, 0.5) is 0 Å². The zero-order valence-corrected chi connectivity index (χ0v) is 10.9. The van der Waals surface area contributed by atoms with E-state index in [0.717, 1.165) is 9.83 Å². The number of hydrogen-bond donors (Lipinski definition) is 0. The van der Waals surface area contributed by atoms with Crippen LogP contribution >= 0.6 is 34.2 Å². The molecule has 0 atom stereocenters. The quantitative estimate of drug-likeness (QED) is 0.536. The molecule has 1 rings (SSSR count). The van der Waals surface area contributed by atoms with Crippen molar-refractivity contribution in [2.75, 3.05) is 6.26 Å². The Kier molecular flexibility index (Phi) is 3.81. The fourth-order valence-electron chi connectivity index (χ4n) is 0.739. The summed E-state index contributed by atoms with van der Waals surface area (Å²) in [7, 11) is -3.27. The van der Waals surface area contributed by atoms with Gasteiger partial charge in [-0.25, -0.2) is 8.42 Å². The molecular weight excluding hydrogens is 335 g/mol. The standard InChI is InChI=1S/C9H6ClIO2S/c1-14(12,13)5-4-7-2-3-8(11)6-9(7)10/h2-3,6H,1H3. The zero-order valence-electron chi connectivity index (χ0n) is 7.21. The molecule has 74 valence electrons. The van der Waals surface area contributed by atoms with E-state index in [2.05, 4.69) is 33.8 Å². The van der Waals surface area contributed by atoms with Gasteiger partial charge in [-0.3, -0.25) is 0 Å². The van der Waals surface area contributed by atoms with E-state index in [1.165, 1.54) is 0 Å². The van der Waals surface area contributed by atoms with Gasteiger partial charge in [0.2, 0.25) is 9.84 Å². The summed E-state index contributed by atoms with van der Waals surface area (Å²) >= 11 is 7.97. The van der Waals surface area contributed by atoms with Crippen molar-refractivity contribution in [1.29, 1.82) is 0 Å². The van der Waals surface area contributed by atoms with Gasteiger partial charge in [-0.05, 0) is 46.7 Å². The molecule has 0 radical (unpaired) electrons. The summed E-state index contributed by atoms with van der Waals surface area (Å²) in [6.07, 6.45) is 1.06. The molecule has 0 aliphatic rings. The highest BCUT2D eigenvalue weighted by Gasteiger charge is 1.98. The molecule has 2 nitrogen and oxygen atoms in total.